The van der Waals surface area contributed by atoms with E-state index in [1.54, 1.807) is 42.5 Å². The molecule has 0 unspecified atom stereocenters. The first kappa shape index (κ1) is 35.0. The Morgan fingerprint density at radius 3 is 2.17 bits per heavy atom. The van der Waals surface area contributed by atoms with Crippen LogP contribution in [-0.2, 0) is 33.8 Å². The van der Waals surface area contributed by atoms with E-state index in [-0.39, 0.29) is 14.6 Å². The second-order valence-corrected chi connectivity index (χ2v) is 10.9. The molecule has 1 heterocycles. The fourth-order valence-electron chi connectivity index (χ4n) is 4.89. The molecule has 4 aromatic carbocycles. The summed E-state index contributed by atoms with van der Waals surface area (Å²) in [4.78, 5) is 28.6. The smallest absolute Gasteiger partial charge is 0.411 e. The van der Waals surface area contributed by atoms with Crippen LogP contribution >= 0.6 is 0 Å². The van der Waals surface area contributed by atoms with Gasteiger partial charge in [-0.15, -0.1) is 0 Å². The summed E-state index contributed by atoms with van der Waals surface area (Å²) in [5.41, 5.74) is 3.33. The van der Waals surface area contributed by atoms with Crippen molar-refractivity contribution in [2.45, 2.75) is 52.4 Å². The Morgan fingerprint density at radius 1 is 0.851 bits per heavy atom. The van der Waals surface area contributed by atoms with Gasteiger partial charge >= 0.3 is 6.09 Å². The molecule has 1 atom stereocenters. The number of nitrogens with one attached hydrogen (secondary N) is 2. The molecule has 0 radical (unpaired) electrons. The Labute approximate surface area is 275 Å². The number of hydrogen-bond donors (Lipinski definition) is 2. The lowest BCUT2D eigenvalue weighted by atomic mass is 9.98. The summed E-state index contributed by atoms with van der Waals surface area (Å²) in [6.07, 6.45) is -1.69. The average molecular weight is 645 g/mol. The standard InChI is InChI=1S/C36H34F2N2O5.C2H6.H2/c1-36(37,38)20-28-14-8-9-15-31(28)33-18-27-16-17-29(19-32(27)34(41)40-33)39-35(42)45-24-30(44-22-26-12-6-3-7-13-26)23-43-21-25-10-4-2-5-11-25;1-2;/h2-19,30H,20-24H2,1H3,(H,39,42)(H,40,41);1-2H3;1H/t30-;;/m1../s1. The van der Waals surface area contributed by atoms with E-state index in [0.29, 0.717) is 46.5 Å². The summed E-state index contributed by atoms with van der Waals surface area (Å²) < 4.78 is 44.9. The number of ether oxygens (including phenoxy) is 3. The second-order valence-electron chi connectivity index (χ2n) is 10.9. The molecule has 7 nitrogen and oxygen atoms in total. The summed E-state index contributed by atoms with van der Waals surface area (Å²) in [6.45, 7) is 5.74. The van der Waals surface area contributed by atoms with Crippen molar-refractivity contribution in [1.82, 2.24) is 4.98 Å². The number of carbonyl (C=O) groups is 1. The van der Waals surface area contributed by atoms with Crippen molar-refractivity contribution in [3.05, 3.63) is 136 Å². The van der Waals surface area contributed by atoms with Crippen LogP contribution in [0.1, 0.15) is 38.9 Å². The number of benzene rings is 4. The van der Waals surface area contributed by atoms with Crippen LogP contribution in [0.25, 0.3) is 22.0 Å². The molecule has 0 aliphatic rings. The van der Waals surface area contributed by atoms with Crippen LogP contribution in [0.15, 0.2) is 114 Å². The summed E-state index contributed by atoms with van der Waals surface area (Å²) in [6, 6.07) is 32.8. The molecule has 0 saturated heterocycles. The van der Waals surface area contributed by atoms with Crippen LogP contribution in [0.2, 0.25) is 0 Å². The molecule has 0 fully saturated rings. The predicted octanol–water partition coefficient (Wildman–Crippen LogP) is 9.02. The van der Waals surface area contributed by atoms with Crippen molar-refractivity contribution in [3.8, 4) is 11.3 Å². The molecule has 2 N–H and O–H groups in total. The number of H-pyrrole nitrogens is 1. The van der Waals surface area contributed by atoms with E-state index in [1.807, 2.05) is 74.5 Å². The third-order valence-electron chi connectivity index (χ3n) is 7.04. The Balaban J connectivity index is 0.00000204. The lowest BCUT2D eigenvalue weighted by Gasteiger charge is -2.19. The zero-order valence-electron chi connectivity index (χ0n) is 26.8. The number of pyridine rings is 1. The van der Waals surface area contributed by atoms with E-state index in [0.717, 1.165) is 18.1 Å². The third-order valence-corrected chi connectivity index (χ3v) is 7.04. The maximum absolute atomic E-state index is 13.8. The number of amides is 1. The normalized spacial score (nSPS) is 11.8. The number of hydrogen-bond acceptors (Lipinski definition) is 5. The number of halogens is 2. The van der Waals surface area contributed by atoms with Crippen molar-refractivity contribution < 1.29 is 29.2 Å². The van der Waals surface area contributed by atoms with E-state index in [1.165, 1.54) is 6.07 Å². The first-order valence-electron chi connectivity index (χ1n) is 15.6. The van der Waals surface area contributed by atoms with Crippen molar-refractivity contribution in [3.63, 3.8) is 0 Å². The van der Waals surface area contributed by atoms with Crippen LogP contribution < -0.4 is 10.9 Å². The molecule has 5 rings (SSSR count). The summed E-state index contributed by atoms with van der Waals surface area (Å²) in [7, 11) is 0. The average Bonchev–Trinajstić information content (AvgIpc) is 3.07. The lowest BCUT2D eigenvalue weighted by Crippen LogP contribution is -2.28. The van der Waals surface area contributed by atoms with E-state index in [9.17, 15) is 18.4 Å². The van der Waals surface area contributed by atoms with Gasteiger partial charge in [-0.2, -0.15) is 0 Å². The zero-order chi connectivity index (χ0) is 33.6. The topological polar surface area (TPSA) is 89.7 Å². The number of carbonyl (C=O) groups excluding carboxylic acids is 1. The highest BCUT2D eigenvalue weighted by atomic mass is 19.3. The minimum Gasteiger partial charge on any atom is -0.446 e. The summed E-state index contributed by atoms with van der Waals surface area (Å²) in [5.74, 6) is -2.90. The van der Waals surface area contributed by atoms with Gasteiger partial charge < -0.3 is 19.2 Å². The van der Waals surface area contributed by atoms with Gasteiger partial charge in [-0.05, 0) is 47.2 Å². The molecule has 0 aliphatic heterocycles. The minimum absolute atomic E-state index is 0. The predicted molar refractivity (Wildman–Crippen MR) is 184 cm³/mol. The fourth-order valence-corrected chi connectivity index (χ4v) is 4.89. The van der Waals surface area contributed by atoms with Gasteiger partial charge in [-0.25, -0.2) is 13.6 Å². The van der Waals surface area contributed by atoms with Crippen molar-refractivity contribution in [2.75, 3.05) is 18.5 Å². The van der Waals surface area contributed by atoms with Gasteiger partial charge in [0, 0.05) is 30.2 Å². The maximum Gasteiger partial charge on any atom is 0.411 e. The van der Waals surface area contributed by atoms with Gasteiger partial charge in [-0.1, -0.05) is 105 Å². The molecule has 1 amide bonds. The second kappa shape index (κ2) is 17.2. The van der Waals surface area contributed by atoms with Gasteiger partial charge in [0.05, 0.1) is 19.8 Å². The van der Waals surface area contributed by atoms with Crippen LogP contribution in [0, 0.1) is 0 Å². The van der Waals surface area contributed by atoms with Gasteiger partial charge in [-0.3, -0.25) is 10.1 Å². The van der Waals surface area contributed by atoms with Crippen LogP contribution in [0.4, 0.5) is 19.3 Å². The number of aromatic nitrogens is 1. The monoisotopic (exact) mass is 644 g/mol. The number of alkyl halides is 2. The van der Waals surface area contributed by atoms with Gasteiger partial charge in [0.25, 0.3) is 5.56 Å². The minimum atomic E-state index is -2.90. The largest absolute Gasteiger partial charge is 0.446 e. The van der Waals surface area contributed by atoms with Crippen LogP contribution in [-0.4, -0.2) is 36.3 Å². The Kier molecular flexibility index (Phi) is 12.8. The van der Waals surface area contributed by atoms with Crippen molar-refractivity contribution in [1.29, 1.82) is 0 Å². The van der Waals surface area contributed by atoms with Crippen molar-refractivity contribution >= 4 is 22.6 Å². The summed E-state index contributed by atoms with van der Waals surface area (Å²) >= 11 is 0. The first-order chi connectivity index (χ1) is 22.7. The first-order valence-corrected chi connectivity index (χ1v) is 15.6. The molecule has 0 bridgehead atoms. The van der Waals surface area contributed by atoms with Crippen LogP contribution in [0.5, 0.6) is 0 Å². The van der Waals surface area contributed by atoms with E-state index in [2.05, 4.69) is 10.3 Å². The molecule has 1 aromatic heterocycles. The highest BCUT2D eigenvalue weighted by Crippen LogP contribution is 2.29. The maximum atomic E-state index is 13.8. The van der Waals surface area contributed by atoms with E-state index in [4.69, 9.17) is 14.2 Å². The molecular weight excluding hydrogens is 602 g/mol. The molecule has 0 aliphatic carbocycles. The SMILES string of the molecule is CC.CC(F)(F)Cc1ccccc1-c1cc2ccc(NC(=O)OC[C@@H](COCc3ccccc3)OCc3ccccc3)cc2c(=O)[nH]1.[HH]. The Morgan fingerprint density at radius 2 is 1.49 bits per heavy atom. The number of rotatable bonds is 13. The fraction of sp³-hybridized carbons (Fsp3) is 0.263. The lowest BCUT2D eigenvalue weighted by molar-refractivity contribution is -0.0549. The van der Waals surface area contributed by atoms with Gasteiger partial charge in [0.15, 0.2) is 0 Å². The summed E-state index contributed by atoms with van der Waals surface area (Å²) in [5, 5.41) is 3.58. The third kappa shape index (κ3) is 10.9. The number of aromatic amines is 1. The highest BCUT2D eigenvalue weighted by molar-refractivity contribution is 5.92. The molecule has 5 aromatic rings. The van der Waals surface area contributed by atoms with Gasteiger partial charge in [0.2, 0.25) is 5.92 Å². The van der Waals surface area contributed by atoms with Gasteiger partial charge in [0.1, 0.15) is 12.7 Å². The molecule has 47 heavy (non-hydrogen) atoms. The highest BCUT2D eigenvalue weighted by Gasteiger charge is 2.23. The molecule has 0 spiro atoms. The molecule has 0 saturated carbocycles. The number of fused-ring (bicyclic) bond motifs is 1. The van der Waals surface area contributed by atoms with E-state index < -0.39 is 30.1 Å². The molecule has 9 heteroatoms. The van der Waals surface area contributed by atoms with Crippen LogP contribution in [0.3, 0.4) is 0 Å². The Hall–Kier alpha value is -4.86. The molecular formula is C38H42F2N2O5. The zero-order valence-corrected chi connectivity index (χ0v) is 26.8. The quantitative estimate of drug-likeness (QED) is 0.134. The van der Waals surface area contributed by atoms with E-state index >= 15 is 0 Å². The Bertz CT molecular complexity index is 1780. The van der Waals surface area contributed by atoms with Crippen molar-refractivity contribution in [2.24, 2.45) is 0 Å². The number of anilines is 1. The molecule has 248 valence electrons.